The van der Waals surface area contributed by atoms with Crippen LogP contribution in [0.3, 0.4) is 0 Å². The fraction of sp³-hybridized carbons (Fsp3) is 0.579. The molecule has 0 saturated carbocycles. The summed E-state index contributed by atoms with van der Waals surface area (Å²) in [6.07, 6.45) is 2.21. The number of carbonyl (C=O) groups is 2. The van der Waals surface area contributed by atoms with E-state index < -0.39 is 0 Å². The molecule has 2 aliphatic heterocycles. The zero-order valence-corrected chi connectivity index (χ0v) is 15.1. The summed E-state index contributed by atoms with van der Waals surface area (Å²) in [5, 5.41) is 0. The summed E-state index contributed by atoms with van der Waals surface area (Å²) >= 11 is 0. The van der Waals surface area contributed by atoms with E-state index in [1.807, 2.05) is 34.1 Å². The van der Waals surface area contributed by atoms with Gasteiger partial charge < -0.3 is 14.5 Å². The number of likely N-dealkylation sites (tertiary alicyclic amines) is 1. The van der Waals surface area contributed by atoms with E-state index in [1.54, 1.807) is 14.0 Å². The van der Waals surface area contributed by atoms with Crippen molar-refractivity contribution in [1.29, 1.82) is 0 Å². The second-order valence-corrected chi connectivity index (χ2v) is 6.81. The van der Waals surface area contributed by atoms with Crippen molar-refractivity contribution in [1.82, 2.24) is 14.7 Å². The van der Waals surface area contributed by atoms with Crippen LogP contribution in [0.25, 0.3) is 0 Å². The summed E-state index contributed by atoms with van der Waals surface area (Å²) in [5.74, 6) is 1.10. The molecule has 0 aliphatic carbocycles. The molecule has 0 bridgehead atoms. The molecule has 2 fully saturated rings. The molecule has 1 atom stereocenters. The van der Waals surface area contributed by atoms with Crippen LogP contribution in [0.4, 0.5) is 0 Å². The van der Waals surface area contributed by atoms with E-state index >= 15 is 0 Å². The fourth-order valence-corrected chi connectivity index (χ4v) is 3.68. The van der Waals surface area contributed by atoms with Gasteiger partial charge in [-0.2, -0.15) is 0 Å². The van der Waals surface area contributed by atoms with Gasteiger partial charge in [-0.15, -0.1) is 0 Å². The molecule has 6 heteroatoms. The lowest BCUT2D eigenvalue weighted by Gasteiger charge is -2.41. The Morgan fingerprint density at radius 3 is 2.32 bits per heavy atom. The van der Waals surface area contributed by atoms with Crippen LogP contribution >= 0.6 is 0 Å². The number of nitrogens with zero attached hydrogens (tertiary/aromatic N) is 3. The van der Waals surface area contributed by atoms with Crippen molar-refractivity contribution < 1.29 is 14.3 Å². The van der Waals surface area contributed by atoms with Gasteiger partial charge in [-0.25, -0.2) is 0 Å². The van der Waals surface area contributed by atoms with E-state index in [9.17, 15) is 9.59 Å². The lowest BCUT2D eigenvalue weighted by Crippen LogP contribution is -2.52. The first-order chi connectivity index (χ1) is 12.1. The summed E-state index contributed by atoms with van der Waals surface area (Å²) in [5.41, 5.74) is 1.11. The molecule has 1 aromatic rings. The maximum Gasteiger partial charge on any atom is 0.236 e. The monoisotopic (exact) mass is 345 g/mol. The van der Waals surface area contributed by atoms with Crippen molar-refractivity contribution in [2.75, 3.05) is 46.4 Å². The zero-order valence-electron chi connectivity index (χ0n) is 15.1. The third kappa shape index (κ3) is 4.12. The number of ether oxygens (including phenoxy) is 1. The number of amides is 2. The molecule has 2 aliphatic rings. The first kappa shape index (κ1) is 17.7. The summed E-state index contributed by atoms with van der Waals surface area (Å²) in [7, 11) is 1.65. The molecular formula is C19H27N3O3. The fourth-order valence-electron chi connectivity index (χ4n) is 3.68. The van der Waals surface area contributed by atoms with Crippen molar-refractivity contribution >= 4 is 11.8 Å². The summed E-state index contributed by atoms with van der Waals surface area (Å²) in [6, 6.07) is 7.96. The second kappa shape index (κ2) is 7.87. The third-order valence-electron chi connectivity index (χ3n) is 5.23. The zero-order chi connectivity index (χ0) is 17.8. The predicted octanol–water partition coefficient (Wildman–Crippen LogP) is 1.52. The second-order valence-electron chi connectivity index (χ2n) is 6.81. The SMILES string of the molecule is COc1ccc(C2CN(C(C)=O)CCN2CC(=O)N2CCCC2)cc1. The molecular weight excluding hydrogens is 318 g/mol. The quantitative estimate of drug-likeness (QED) is 0.830. The van der Waals surface area contributed by atoms with Gasteiger partial charge in [0.25, 0.3) is 0 Å². The first-order valence-corrected chi connectivity index (χ1v) is 9.00. The van der Waals surface area contributed by atoms with Crippen LogP contribution < -0.4 is 4.74 Å². The molecule has 2 amide bonds. The Balaban J connectivity index is 1.76. The van der Waals surface area contributed by atoms with E-state index in [0.717, 1.165) is 43.8 Å². The number of carbonyl (C=O) groups excluding carboxylic acids is 2. The van der Waals surface area contributed by atoms with E-state index in [1.165, 1.54) is 0 Å². The lowest BCUT2D eigenvalue weighted by molar-refractivity contribution is -0.135. The summed E-state index contributed by atoms with van der Waals surface area (Å²) < 4.78 is 5.24. The van der Waals surface area contributed by atoms with Gasteiger partial charge in [0.05, 0.1) is 19.7 Å². The molecule has 136 valence electrons. The van der Waals surface area contributed by atoms with E-state index in [2.05, 4.69) is 4.90 Å². The Morgan fingerprint density at radius 2 is 1.72 bits per heavy atom. The summed E-state index contributed by atoms with van der Waals surface area (Å²) in [4.78, 5) is 30.5. The molecule has 1 aromatic carbocycles. The topological polar surface area (TPSA) is 53.1 Å². The van der Waals surface area contributed by atoms with Gasteiger partial charge in [-0.1, -0.05) is 12.1 Å². The van der Waals surface area contributed by atoms with Crippen LogP contribution in [-0.4, -0.2) is 72.9 Å². The molecule has 0 spiro atoms. The Hall–Kier alpha value is -2.08. The minimum absolute atomic E-state index is 0.0371. The standard InChI is InChI=1S/C19H27N3O3/c1-15(23)21-11-12-22(14-19(24)20-9-3-4-10-20)18(13-21)16-5-7-17(25-2)8-6-16/h5-8,18H,3-4,9-14H2,1-2H3. The number of methoxy groups -OCH3 is 1. The Morgan fingerprint density at radius 1 is 1.04 bits per heavy atom. The minimum atomic E-state index is 0.0371. The molecule has 3 rings (SSSR count). The smallest absolute Gasteiger partial charge is 0.236 e. The third-order valence-corrected chi connectivity index (χ3v) is 5.23. The van der Waals surface area contributed by atoms with Crippen LogP contribution in [0.2, 0.25) is 0 Å². The average molecular weight is 345 g/mol. The Kier molecular flexibility index (Phi) is 5.58. The minimum Gasteiger partial charge on any atom is -0.497 e. The van der Waals surface area contributed by atoms with Gasteiger partial charge in [0.2, 0.25) is 11.8 Å². The van der Waals surface area contributed by atoms with Crippen LogP contribution in [0, 0.1) is 0 Å². The van der Waals surface area contributed by atoms with Crippen LogP contribution in [0.1, 0.15) is 31.4 Å². The van der Waals surface area contributed by atoms with E-state index in [4.69, 9.17) is 4.74 Å². The molecule has 0 N–H and O–H groups in total. The lowest BCUT2D eigenvalue weighted by atomic mass is 10.0. The first-order valence-electron chi connectivity index (χ1n) is 9.00. The van der Waals surface area contributed by atoms with Crippen molar-refractivity contribution in [3.8, 4) is 5.75 Å². The largest absolute Gasteiger partial charge is 0.497 e. The average Bonchev–Trinajstić information content (AvgIpc) is 3.17. The highest BCUT2D eigenvalue weighted by Crippen LogP contribution is 2.27. The highest BCUT2D eigenvalue weighted by atomic mass is 16.5. The maximum absolute atomic E-state index is 12.6. The predicted molar refractivity (Wildman–Crippen MR) is 95.4 cm³/mol. The molecule has 25 heavy (non-hydrogen) atoms. The van der Waals surface area contributed by atoms with Gasteiger partial charge in [0.15, 0.2) is 0 Å². The number of benzene rings is 1. The molecule has 2 saturated heterocycles. The van der Waals surface area contributed by atoms with Crippen LogP contribution in [-0.2, 0) is 9.59 Å². The Labute approximate surface area is 149 Å². The van der Waals surface area contributed by atoms with E-state index in [0.29, 0.717) is 19.6 Å². The molecule has 1 unspecified atom stereocenters. The highest BCUT2D eigenvalue weighted by molar-refractivity contribution is 5.78. The highest BCUT2D eigenvalue weighted by Gasteiger charge is 2.32. The molecule has 0 aromatic heterocycles. The van der Waals surface area contributed by atoms with E-state index in [-0.39, 0.29) is 17.9 Å². The van der Waals surface area contributed by atoms with Gasteiger partial charge in [-0.3, -0.25) is 14.5 Å². The molecule has 0 radical (unpaired) electrons. The van der Waals surface area contributed by atoms with Gasteiger partial charge in [0.1, 0.15) is 5.75 Å². The summed E-state index contributed by atoms with van der Waals surface area (Å²) in [6.45, 7) is 5.79. The molecule has 6 nitrogen and oxygen atoms in total. The number of rotatable bonds is 4. The van der Waals surface area contributed by atoms with Crippen LogP contribution in [0.15, 0.2) is 24.3 Å². The molecule has 2 heterocycles. The van der Waals surface area contributed by atoms with Gasteiger partial charge in [-0.05, 0) is 30.5 Å². The Bertz CT molecular complexity index is 611. The maximum atomic E-state index is 12.6. The normalized spacial score (nSPS) is 21.4. The van der Waals surface area contributed by atoms with Crippen molar-refractivity contribution in [2.45, 2.75) is 25.8 Å². The van der Waals surface area contributed by atoms with Crippen molar-refractivity contribution in [3.63, 3.8) is 0 Å². The number of piperazine rings is 1. The van der Waals surface area contributed by atoms with Crippen LogP contribution in [0.5, 0.6) is 5.75 Å². The number of hydrogen-bond donors (Lipinski definition) is 0. The van der Waals surface area contributed by atoms with Crippen molar-refractivity contribution in [3.05, 3.63) is 29.8 Å². The number of hydrogen-bond acceptors (Lipinski definition) is 4. The van der Waals surface area contributed by atoms with Gasteiger partial charge >= 0.3 is 0 Å². The van der Waals surface area contributed by atoms with Crippen molar-refractivity contribution in [2.24, 2.45) is 0 Å². The van der Waals surface area contributed by atoms with Gasteiger partial charge in [0, 0.05) is 39.6 Å².